The molecule has 0 radical (unpaired) electrons. The minimum atomic E-state index is -0.490. The fraction of sp³-hybridized carbons (Fsp3) is 0.500. The first-order chi connectivity index (χ1) is 19.9. The van der Waals surface area contributed by atoms with Gasteiger partial charge in [0, 0.05) is 23.5 Å². The molecule has 3 aliphatic heterocycles. The molecular formula is C32H38N4O5. The Morgan fingerprint density at radius 1 is 1.15 bits per heavy atom. The van der Waals surface area contributed by atoms with Crippen LogP contribution in [0.1, 0.15) is 81.0 Å². The van der Waals surface area contributed by atoms with Gasteiger partial charge in [-0.15, -0.1) is 0 Å². The summed E-state index contributed by atoms with van der Waals surface area (Å²) in [6.07, 6.45) is 6.07. The number of pyridine rings is 2. The standard InChI is InChI=1S/C32H38N4O5/c1-4-20(35-13-7-6-8-14-35)11-12-33-32(39)41-21-9-10-27-24(15-21)22(5-2)25-17-36-28(29(25)34-27)16-23-19(3)31(38)40-18-26(23)30(36)37/h9-10,15-16,19-20H,4-8,11-14,17-18H2,1-3H3,(H,33,39). The summed E-state index contributed by atoms with van der Waals surface area (Å²) in [5.41, 5.74) is 5.47. The van der Waals surface area contributed by atoms with Crippen LogP contribution < -0.4 is 15.6 Å². The molecule has 1 fully saturated rings. The number of carbonyl (C=O) groups is 2. The van der Waals surface area contributed by atoms with Crippen LogP contribution in [0.15, 0.2) is 29.1 Å². The Balaban J connectivity index is 1.22. The number of nitrogens with one attached hydrogen (secondary N) is 1. The van der Waals surface area contributed by atoms with Crippen molar-refractivity contribution in [3.05, 3.63) is 56.9 Å². The normalized spacial score (nSPS) is 18.8. The Morgan fingerprint density at radius 2 is 1.95 bits per heavy atom. The third kappa shape index (κ3) is 5.01. The molecule has 0 spiro atoms. The number of ether oxygens (including phenoxy) is 2. The summed E-state index contributed by atoms with van der Waals surface area (Å²) in [5.74, 6) is -0.345. The minimum absolute atomic E-state index is 0.00409. The predicted octanol–water partition coefficient (Wildman–Crippen LogP) is 4.89. The van der Waals surface area contributed by atoms with E-state index in [0.717, 1.165) is 71.3 Å². The molecule has 5 heterocycles. The van der Waals surface area contributed by atoms with Gasteiger partial charge in [-0.2, -0.15) is 0 Å². The average molecular weight is 559 g/mol. The molecule has 1 saturated heterocycles. The Labute approximate surface area is 239 Å². The highest BCUT2D eigenvalue weighted by atomic mass is 16.6. The SMILES string of the molecule is CCc1c2c(nc3ccc(OC(=O)NCCC(CC)N4CCCCC4)cc13)-c1cc3c(c(=O)n1C2)COC(=O)C3C. The maximum absolute atomic E-state index is 13.4. The number of carbonyl (C=O) groups excluding carboxylic acids is 2. The second-order valence-electron chi connectivity index (χ2n) is 11.4. The molecule has 216 valence electrons. The van der Waals surface area contributed by atoms with Crippen LogP contribution in [0.2, 0.25) is 0 Å². The Bertz CT molecular complexity index is 1570. The lowest BCUT2D eigenvalue weighted by molar-refractivity contribution is -0.147. The van der Waals surface area contributed by atoms with E-state index in [-0.39, 0.29) is 18.1 Å². The Morgan fingerprint density at radius 3 is 2.71 bits per heavy atom. The van der Waals surface area contributed by atoms with Gasteiger partial charge >= 0.3 is 12.1 Å². The number of hydrogen-bond acceptors (Lipinski definition) is 7. The molecule has 0 saturated carbocycles. The van der Waals surface area contributed by atoms with Crippen LogP contribution in [-0.2, 0) is 29.1 Å². The van der Waals surface area contributed by atoms with Gasteiger partial charge in [-0.1, -0.05) is 20.3 Å². The quantitative estimate of drug-likeness (QED) is 0.322. The number of amides is 1. The third-order valence-electron chi connectivity index (χ3n) is 9.04. The molecule has 0 bridgehead atoms. The smallest absolute Gasteiger partial charge is 0.412 e. The number of piperidine rings is 1. The zero-order chi connectivity index (χ0) is 28.7. The second kappa shape index (κ2) is 11.3. The average Bonchev–Trinajstić information content (AvgIpc) is 3.35. The minimum Gasteiger partial charge on any atom is -0.460 e. The zero-order valence-electron chi connectivity index (χ0n) is 24.1. The van der Waals surface area contributed by atoms with Crippen LogP contribution in [0, 0.1) is 0 Å². The number of hydrogen-bond donors (Lipinski definition) is 1. The summed E-state index contributed by atoms with van der Waals surface area (Å²) in [6, 6.07) is 7.91. The largest absolute Gasteiger partial charge is 0.460 e. The molecule has 1 aromatic carbocycles. The topological polar surface area (TPSA) is 103 Å². The monoisotopic (exact) mass is 558 g/mol. The van der Waals surface area contributed by atoms with Gasteiger partial charge in [0.25, 0.3) is 5.56 Å². The third-order valence-corrected chi connectivity index (χ3v) is 9.04. The number of fused-ring (bicyclic) bond motifs is 5. The van der Waals surface area contributed by atoms with Gasteiger partial charge < -0.3 is 24.3 Å². The van der Waals surface area contributed by atoms with Crippen LogP contribution in [-0.4, -0.2) is 52.2 Å². The van der Waals surface area contributed by atoms with Crippen molar-refractivity contribution >= 4 is 23.0 Å². The Hall–Kier alpha value is -3.72. The van der Waals surface area contributed by atoms with Crippen LogP contribution in [0.4, 0.5) is 4.79 Å². The number of rotatable bonds is 7. The van der Waals surface area contributed by atoms with E-state index in [1.807, 2.05) is 18.2 Å². The molecule has 1 N–H and O–H groups in total. The van der Waals surface area contributed by atoms with Gasteiger partial charge in [-0.25, -0.2) is 9.78 Å². The highest BCUT2D eigenvalue weighted by Gasteiger charge is 2.33. The molecule has 6 rings (SSSR count). The lowest BCUT2D eigenvalue weighted by Gasteiger charge is -2.34. The van der Waals surface area contributed by atoms with E-state index in [1.54, 1.807) is 17.6 Å². The second-order valence-corrected chi connectivity index (χ2v) is 11.4. The van der Waals surface area contributed by atoms with E-state index >= 15 is 0 Å². The summed E-state index contributed by atoms with van der Waals surface area (Å²) in [4.78, 5) is 45.7. The molecule has 41 heavy (non-hydrogen) atoms. The first kappa shape index (κ1) is 27.4. The molecule has 3 aliphatic rings. The first-order valence-electron chi connectivity index (χ1n) is 15.0. The number of benzene rings is 1. The van der Waals surface area contributed by atoms with Gasteiger partial charge in [0.15, 0.2) is 0 Å². The first-order valence-corrected chi connectivity index (χ1v) is 15.0. The predicted molar refractivity (Wildman–Crippen MR) is 156 cm³/mol. The number of esters is 1. The van der Waals surface area contributed by atoms with Gasteiger partial charge in [-0.05, 0) is 87.5 Å². The highest BCUT2D eigenvalue weighted by Crippen LogP contribution is 2.39. The van der Waals surface area contributed by atoms with E-state index in [4.69, 9.17) is 14.5 Å². The number of cyclic esters (lactones) is 1. The molecule has 9 heteroatoms. The molecule has 3 aromatic rings. The van der Waals surface area contributed by atoms with E-state index in [9.17, 15) is 14.4 Å². The van der Waals surface area contributed by atoms with Crippen molar-refractivity contribution in [2.24, 2.45) is 0 Å². The maximum Gasteiger partial charge on any atom is 0.412 e. The number of likely N-dealkylation sites (tertiary alicyclic amines) is 1. The van der Waals surface area contributed by atoms with E-state index < -0.39 is 12.0 Å². The van der Waals surface area contributed by atoms with Crippen molar-refractivity contribution in [1.29, 1.82) is 0 Å². The van der Waals surface area contributed by atoms with Crippen LogP contribution in [0.3, 0.4) is 0 Å². The van der Waals surface area contributed by atoms with E-state index in [0.29, 0.717) is 30.4 Å². The van der Waals surface area contributed by atoms with Gasteiger partial charge in [0.2, 0.25) is 0 Å². The molecule has 2 atom stereocenters. The zero-order valence-corrected chi connectivity index (χ0v) is 24.1. The fourth-order valence-electron chi connectivity index (χ4n) is 6.76. The van der Waals surface area contributed by atoms with Gasteiger partial charge in [0.1, 0.15) is 12.4 Å². The summed E-state index contributed by atoms with van der Waals surface area (Å²) in [6.45, 7) is 9.33. The summed E-state index contributed by atoms with van der Waals surface area (Å²) in [5, 5.41) is 3.84. The molecule has 2 unspecified atom stereocenters. The molecule has 9 nitrogen and oxygen atoms in total. The molecule has 2 aromatic heterocycles. The highest BCUT2D eigenvalue weighted by molar-refractivity contribution is 5.90. The van der Waals surface area contributed by atoms with Crippen LogP contribution in [0.25, 0.3) is 22.3 Å². The summed E-state index contributed by atoms with van der Waals surface area (Å²) < 4.78 is 12.7. The molecule has 0 aliphatic carbocycles. The number of nitrogens with zero attached hydrogens (tertiary/aromatic N) is 3. The van der Waals surface area contributed by atoms with Crippen molar-refractivity contribution in [2.75, 3.05) is 19.6 Å². The van der Waals surface area contributed by atoms with Gasteiger partial charge in [0.05, 0.1) is 34.9 Å². The molecule has 1 amide bonds. The van der Waals surface area contributed by atoms with Crippen molar-refractivity contribution in [3.63, 3.8) is 0 Å². The van der Waals surface area contributed by atoms with Crippen molar-refractivity contribution in [1.82, 2.24) is 19.8 Å². The van der Waals surface area contributed by atoms with Crippen LogP contribution in [0.5, 0.6) is 5.75 Å². The lowest BCUT2D eigenvalue weighted by atomic mass is 9.93. The van der Waals surface area contributed by atoms with Crippen molar-refractivity contribution in [2.45, 2.75) is 84.4 Å². The molecular weight excluding hydrogens is 520 g/mol. The van der Waals surface area contributed by atoms with E-state index in [1.165, 1.54) is 19.3 Å². The summed E-state index contributed by atoms with van der Waals surface area (Å²) >= 11 is 0. The maximum atomic E-state index is 13.4. The van der Waals surface area contributed by atoms with Gasteiger partial charge in [-0.3, -0.25) is 9.59 Å². The summed E-state index contributed by atoms with van der Waals surface area (Å²) in [7, 11) is 0. The van der Waals surface area contributed by atoms with Crippen LogP contribution >= 0.6 is 0 Å². The van der Waals surface area contributed by atoms with Crippen molar-refractivity contribution in [3.8, 4) is 17.1 Å². The van der Waals surface area contributed by atoms with E-state index in [2.05, 4.69) is 24.1 Å². The Kier molecular flexibility index (Phi) is 7.55. The fourth-order valence-corrected chi connectivity index (χ4v) is 6.76. The lowest BCUT2D eigenvalue weighted by Crippen LogP contribution is -2.41. The van der Waals surface area contributed by atoms with Crippen molar-refractivity contribution < 1.29 is 19.1 Å². The number of aromatic nitrogens is 2. The number of aryl methyl sites for hydroxylation is 1.